The maximum Gasteiger partial charge on any atom is 0.246 e. The van der Waals surface area contributed by atoms with Crippen LogP contribution in [0.2, 0.25) is 0 Å². The molecule has 0 rings (SSSR count). The third kappa shape index (κ3) is 3.42. The van der Waals surface area contributed by atoms with Crippen molar-refractivity contribution in [1.82, 2.24) is 0 Å². The van der Waals surface area contributed by atoms with Crippen molar-refractivity contribution < 1.29 is 14.3 Å². The number of carbonyl (C=O) groups is 1. The molecule has 1 atom stereocenters. The molecule has 0 spiro atoms. The highest BCUT2D eigenvalue weighted by molar-refractivity contribution is 5.78. The molecule has 0 aliphatic carbocycles. The van der Waals surface area contributed by atoms with Crippen LogP contribution >= 0.6 is 0 Å². The summed E-state index contributed by atoms with van der Waals surface area (Å²) in [6.45, 7) is 0.488. The number of ether oxygens (including phenoxy) is 2. The third-order valence-electron chi connectivity index (χ3n) is 1.19. The summed E-state index contributed by atoms with van der Waals surface area (Å²) in [5, 5.41) is 0. The summed E-state index contributed by atoms with van der Waals surface area (Å²) >= 11 is 0. The summed E-state index contributed by atoms with van der Waals surface area (Å²) in [7, 11) is 3.01. The first-order valence-corrected chi connectivity index (χ1v) is 3.03. The number of methoxy groups -OCH3 is 2. The van der Waals surface area contributed by atoms with Crippen LogP contribution in [0.4, 0.5) is 0 Å². The van der Waals surface area contributed by atoms with Crippen LogP contribution in [0.3, 0.4) is 0 Å². The Bertz CT molecular complexity index is 105. The second-order valence-corrected chi connectivity index (χ2v) is 1.91. The van der Waals surface area contributed by atoms with Crippen molar-refractivity contribution in [2.45, 2.75) is 12.5 Å². The Kier molecular flexibility index (Phi) is 4.88. The van der Waals surface area contributed by atoms with Gasteiger partial charge in [-0.25, -0.2) is 0 Å². The minimum atomic E-state index is -0.514. The fraction of sp³-hybridized carbons (Fsp3) is 0.833. The Morgan fingerprint density at radius 2 is 2.20 bits per heavy atom. The van der Waals surface area contributed by atoms with Gasteiger partial charge in [0, 0.05) is 27.2 Å². The van der Waals surface area contributed by atoms with Gasteiger partial charge in [-0.1, -0.05) is 0 Å². The van der Waals surface area contributed by atoms with Gasteiger partial charge in [-0.3, -0.25) is 4.79 Å². The van der Waals surface area contributed by atoms with Gasteiger partial charge in [0.1, 0.15) is 6.10 Å². The SMILES string of the molecule is COCCC(OC)C(N)=O. The van der Waals surface area contributed by atoms with E-state index in [9.17, 15) is 4.79 Å². The van der Waals surface area contributed by atoms with Crippen LogP contribution in [0.5, 0.6) is 0 Å². The number of nitrogens with two attached hydrogens (primary N) is 1. The Labute approximate surface area is 60.3 Å². The summed E-state index contributed by atoms with van der Waals surface area (Å²) in [5.74, 6) is -0.445. The van der Waals surface area contributed by atoms with Gasteiger partial charge >= 0.3 is 0 Å². The van der Waals surface area contributed by atoms with E-state index in [4.69, 9.17) is 15.2 Å². The minimum Gasteiger partial charge on any atom is -0.385 e. The summed E-state index contributed by atoms with van der Waals surface area (Å²) in [5.41, 5.74) is 4.97. The third-order valence-corrected chi connectivity index (χ3v) is 1.19. The molecule has 0 saturated heterocycles. The van der Waals surface area contributed by atoms with Crippen molar-refractivity contribution in [3.8, 4) is 0 Å². The lowest BCUT2D eigenvalue weighted by Gasteiger charge is -2.09. The number of rotatable bonds is 5. The zero-order valence-electron chi connectivity index (χ0n) is 6.29. The summed E-state index contributed by atoms with van der Waals surface area (Å²) in [6, 6.07) is 0. The molecule has 0 aromatic carbocycles. The van der Waals surface area contributed by atoms with Crippen LogP contribution < -0.4 is 5.73 Å². The second-order valence-electron chi connectivity index (χ2n) is 1.91. The van der Waals surface area contributed by atoms with Crippen LogP contribution in [-0.4, -0.2) is 32.8 Å². The molecule has 4 nitrogen and oxygen atoms in total. The second kappa shape index (κ2) is 5.20. The molecule has 0 aromatic heterocycles. The molecule has 0 heterocycles. The largest absolute Gasteiger partial charge is 0.385 e. The van der Waals surface area contributed by atoms with E-state index >= 15 is 0 Å². The van der Waals surface area contributed by atoms with Gasteiger partial charge in [0.05, 0.1) is 0 Å². The number of amides is 1. The Balaban J connectivity index is 3.50. The molecule has 2 N–H and O–H groups in total. The first kappa shape index (κ1) is 9.39. The molecule has 0 saturated carbocycles. The molecule has 0 aliphatic rings. The Morgan fingerprint density at radius 3 is 2.50 bits per heavy atom. The van der Waals surface area contributed by atoms with Crippen molar-refractivity contribution in [2.24, 2.45) is 5.73 Å². The average molecular weight is 147 g/mol. The monoisotopic (exact) mass is 147 g/mol. The first-order chi connectivity index (χ1) is 4.72. The lowest BCUT2D eigenvalue weighted by atomic mass is 10.2. The van der Waals surface area contributed by atoms with E-state index in [0.717, 1.165) is 0 Å². The van der Waals surface area contributed by atoms with Crippen LogP contribution in [0.25, 0.3) is 0 Å². The molecule has 4 heteroatoms. The van der Waals surface area contributed by atoms with Gasteiger partial charge in [0.25, 0.3) is 0 Å². The maximum atomic E-state index is 10.5. The topological polar surface area (TPSA) is 61.6 Å². The van der Waals surface area contributed by atoms with Crippen molar-refractivity contribution in [2.75, 3.05) is 20.8 Å². The van der Waals surface area contributed by atoms with Crippen LogP contribution in [0.15, 0.2) is 0 Å². The van der Waals surface area contributed by atoms with E-state index in [1.807, 2.05) is 0 Å². The highest BCUT2D eigenvalue weighted by atomic mass is 16.5. The highest BCUT2D eigenvalue weighted by Gasteiger charge is 2.12. The highest BCUT2D eigenvalue weighted by Crippen LogP contribution is 1.94. The number of hydrogen-bond acceptors (Lipinski definition) is 3. The molecular weight excluding hydrogens is 134 g/mol. The fourth-order valence-electron chi connectivity index (χ4n) is 0.601. The number of primary amides is 1. The summed E-state index contributed by atoms with van der Waals surface area (Å²) in [6.07, 6.45) is 0.00227. The van der Waals surface area contributed by atoms with Gasteiger partial charge in [-0.2, -0.15) is 0 Å². The molecule has 0 fully saturated rings. The minimum absolute atomic E-state index is 0.445. The van der Waals surface area contributed by atoms with Gasteiger partial charge in [0.15, 0.2) is 0 Å². The Hall–Kier alpha value is -0.610. The van der Waals surface area contributed by atoms with Gasteiger partial charge in [-0.05, 0) is 0 Å². The van der Waals surface area contributed by atoms with E-state index in [1.165, 1.54) is 7.11 Å². The normalized spacial score (nSPS) is 13.0. The van der Waals surface area contributed by atoms with E-state index in [-0.39, 0.29) is 0 Å². The quantitative estimate of drug-likeness (QED) is 0.571. The van der Waals surface area contributed by atoms with E-state index in [2.05, 4.69) is 0 Å². The van der Waals surface area contributed by atoms with Gasteiger partial charge in [0.2, 0.25) is 5.91 Å². The first-order valence-electron chi connectivity index (χ1n) is 3.03. The van der Waals surface area contributed by atoms with Crippen molar-refractivity contribution in [3.05, 3.63) is 0 Å². The predicted molar refractivity (Wildman–Crippen MR) is 36.5 cm³/mol. The lowest BCUT2D eigenvalue weighted by molar-refractivity contribution is -0.128. The lowest BCUT2D eigenvalue weighted by Crippen LogP contribution is -2.31. The van der Waals surface area contributed by atoms with Crippen molar-refractivity contribution in [1.29, 1.82) is 0 Å². The molecule has 0 bridgehead atoms. The van der Waals surface area contributed by atoms with E-state index in [1.54, 1.807) is 7.11 Å². The number of hydrogen-bond donors (Lipinski definition) is 1. The molecule has 1 amide bonds. The molecule has 0 aliphatic heterocycles. The van der Waals surface area contributed by atoms with Crippen LogP contribution in [0, 0.1) is 0 Å². The van der Waals surface area contributed by atoms with E-state index in [0.29, 0.717) is 13.0 Å². The summed E-state index contributed by atoms with van der Waals surface area (Å²) < 4.78 is 9.50. The Morgan fingerprint density at radius 1 is 1.60 bits per heavy atom. The molecule has 0 radical (unpaired) electrons. The molecule has 60 valence electrons. The van der Waals surface area contributed by atoms with Crippen LogP contribution in [0.1, 0.15) is 6.42 Å². The van der Waals surface area contributed by atoms with Crippen molar-refractivity contribution >= 4 is 5.91 Å². The number of carbonyl (C=O) groups excluding carboxylic acids is 1. The zero-order valence-corrected chi connectivity index (χ0v) is 6.29. The van der Waals surface area contributed by atoms with Crippen LogP contribution in [-0.2, 0) is 14.3 Å². The molecule has 0 aromatic rings. The van der Waals surface area contributed by atoms with E-state index < -0.39 is 12.0 Å². The van der Waals surface area contributed by atoms with Gasteiger partial charge in [-0.15, -0.1) is 0 Å². The maximum absolute atomic E-state index is 10.5. The predicted octanol–water partition coefficient (Wildman–Crippen LogP) is -0.477. The smallest absolute Gasteiger partial charge is 0.246 e. The fourth-order valence-corrected chi connectivity index (χ4v) is 0.601. The standard InChI is InChI=1S/C6H13NO3/c1-9-4-3-5(10-2)6(7)8/h5H,3-4H2,1-2H3,(H2,7,8). The summed E-state index contributed by atoms with van der Waals surface area (Å²) in [4.78, 5) is 10.5. The zero-order chi connectivity index (χ0) is 7.98. The van der Waals surface area contributed by atoms with Gasteiger partial charge < -0.3 is 15.2 Å². The molecular formula is C6H13NO3. The molecule has 1 unspecified atom stereocenters. The molecule has 10 heavy (non-hydrogen) atoms. The average Bonchev–Trinajstić information content (AvgIpc) is 1.89. The van der Waals surface area contributed by atoms with Crippen molar-refractivity contribution in [3.63, 3.8) is 0 Å².